The van der Waals surface area contributed by atoms with E-state index in [0.29, 0.717) is 12.2 Å². The van der Waals surface area contributed by atoms with Crippen molar-refractivity contribution in [2.75, 3.05) is 12.0 Å². The number of carbonyl (C=O) groups excluding carboxylic acids is 1. The third-order valence-corrected chi connectivity index (χ3v) is 2.96. The van der Waals surface area contributed by atoms with Crippen LogP contribution in [0.2, 0.25) is 5.02 Å². The molecule has 1 aromatic heterocycles. The SMILES string of the molecule is CSCC[C@H](NC(=O)c1[nH]ncc1Cl)C(=O)O. The van der Waals surface area contributed by atoms with E-state index >= 15 is 0 Å². The zero-order valence-corrected chi connectivity index (χ0v) is 10.6. The van der Waals surface area contributed by atoms with Crippen molar-refractivity contribution in [3.63, 3.8) is 0 Å². The highest BCUT2D eigenvalue weighted by Gasteiger charge is 2.22. The van der Waals surface area contributed by atoms with Crippen molar-refractivity contribution >= 4 is 35.2 Å². The third-order valence-electron chi connectivity index (χ3n) is 2.03. The first-order chi connectivity index (χ1) is 8.06. The van der Waals surface area contributed by atoms with Crippen molar-refractivity contribution in [3.8, 4) is 0 Å². The molecule has 6 nitrogen and oxygen atoms in total. The molecule has 0 bridgehead atoms. The van der Waals surface area contributed by atoms with Crippen LogP contribution in [-0.2, 0) is 4.79 Å². The lowest BCUT2D eigenvalue weighted by Crippen LogP contribution is -2.41. The number of H-pyrrole nitrogens is 1. The van der Waals surface area contributed by atoms with Crippen molar-refractivity contribution in [3.05, 3.63) is 16.9 Å². The summed E-state index contributed by atoms with van der Waals surface area (Å²) in [6.07, 6.45) is 3.51. The minimum Gasteiger partial charge on any atom is -0.480 e. The molecule has 0 saturated heterocycles. The second kappa shape index (κ2) is 6.51. The molecule has 0 aliphatic rings. The molecule has 0 spiro atoms. The Morgan fingerprint density at radius 2 is 2.41 bits per heavy atom. The van der Waals surface area contributed by atoms with Crippen LogP contribution in [0.5, 0.6) is 0 Å². The van der Waals surface area contributed by atoms with E-state index in [4.69, 9.17) is 16.7 Å². The second-order valence-electron chi connectivity index (χ2n) is 3.24. The number of carbonyl (C=O) groups is 2. The predicted molar refractivity (Wildman–Crippen MR) is 65.5 cm³/mol. The minimum absolute atomic E-state index is 0.0714. The van der Waals surface area contributed by atoms with E-state index in [1.165, 1.54) is 18.0 Å². The highest BCUT2D eigenvalue weighted by atomic mass is 35.5. The van der Waals surface area contributed by atoms with Crippen LogP contribution in [0.15, 0.2) is 6.20 Å². The van der Waals surface area contributed by atoms with Crippen molar-refractivity contribution < 1.29 is 14.7 Å². The van der Waals surface area contributed by atoms with Crippen molar-refractivity contribution in [1.29, 1.82) is 0 Å². The first kappa shape index (κ1) is 13.9. The monoisotopic (exact) mass is 277 g/mol. The predicted octanol–water partition coefficient (Wildman–Crippen LogP) is 0.999. The summed E-state index contributed by atoms with van der Waals surface area (Å²) in [4.78, 5) is 22.6. The quantitative estimate of drug-likeness (QED) is 0.721. The number of rotatable bonds is 6. The molecule has 0 radical (unpaired) electrons. The van der Waals surface area contributed by atoms with Gasteiger partial charge in [0.05, 0.1) is 11.2 Å². The van der Waals surface area contributed by atoms with Crippen LogP contribution < -0.4 is 5.32 Å². The van der Waals surface area contributed by atoms with Gasteiger partial charge in [-0.05, 0) is 18.4 Å². The van der Waals surface area contributed by atoms with E-state index in [1.807, 2.05) is 6.26 Å². The normalized spacial score (nSPS) is 12.1. The maximum Gasteiger partial charge on any atom is 0.326 e. The Balaban J connectivity index is 2.64. The summed E-state index contributed by atoms with van der Waals surface area (Å²) in [6, 6.07) is -0.922. The Hall–Kier alpha value is -1.21. The van der Waals surface area contributed by atoms with Crippen LogP contribution in [0.1, 0.15) is 16.9 Å². The van der Waals surface area contributed by atoms with Gasteiger partial charge in [-0.15, -0.1) is 0 Å². The van der Waals surface area contributed by atoms with Crippen molar-refractivity contribution in [1.82, 2.24) is 15.5 Å². The summed E-state index contributed by atoms with van der Waals surface area (Å²) in [5, 5.41) is 17.5. The second-order valence-corrected chi connectivity index (χ2v) is 4.63. The zero-order valence-electron chi connectivity index (χ0n) is 9.07. The van der Waals surface area contributed by atoms with Gasteiger partial charge >= 0.3 is 5.97 Å². The molecular weight excluding hydrogens is 266 g/mol. The molecule has 0 aliphatic heterocycles. The maximum absolute atomic E-state index is 11.7. The summed E-state index contributed by atoms with van der Waals surface area (Å²) in [6.45, 7) is 0. The summed E-state index contributed by atoms with van der Waals surface area (Å²) in [5.41, 5.74) is 0.0714. The topological polar surface area (TPSA) is 95.1 Å². The third kappa shape index (κ3) is 3.94. The standard InChI is InChI=1S/C9H12ClN3O3S/c1-17-3-2-6(9(15)16)12-8(14)7-5(10)4-11-13-7/h4,6H,2-3H2,1H3,(H,11,13)(H,12,14)(H,15,16)/t6-/m0/s1. The Bertz CT molecular complexity index is 410. The van der Waals surface area contributed by atoms with Gasteiger partial charge in [0.15, 0.2) is 0 Å². The lowest BCUT2D eigenvalue weighted by atomic mass is 10.2. The van der Waals surface area contributed by atoms with Gasteiger partial charge in [0.2, 0.25) is 0 Å². The molecule has 17 heavy (non-hydrogen) atoms. The first-order valence-corrected chi connectivity index (χ1v) is 6.55. The number of hydrogen-bond donors (Lipinski definition) is 3. The Morgan fingerprint density at radius 3 is 2.88 bits per heavy atom. The smallest absolute Gasteiger partial charge is 0.326 e. The van der Waals surface area contributed by atoms with Crippen molar-refractivity contribution in [2.24, 2.45) is 0 Å². The van der Waals surface area contributed by atoms with E-state index < -0.39 is 17.9 Å². The average molecular weight is 278 g/mol. The van der Waals surface area contributed by atoms with Crippen LogP contribution in [0.4, 0.5) is 0 Å². The number of aromatic nitrogens is 2. The van der Waals surface area contributed by atoms with Crippen molar-refractivity contribution in [2.45, 2.75) is 12.5 Å². The molecule has 94 valence electrons. The van der Waals surface area contributed by atoms with Crippen LogP contribution in [0.25, 0.3) is 0 Å². The van der Waals surface area contributed by atoms with Gasteiger partial charge in [0.25, 0.3) is 5.91 Å². The molecule has 0 unspecified atom stereocenters. The molecule has 0 fully saturated rings. The van der Waals surface area contributed by atoms with Crippen LogP contribution in [0.3, 0.4) is 0 Å². The molecule has 0 saturated carbocycles. The lowest BCUT2D eigenvalue weighted by molar-refractivity contribution is -0.139. The Morgan fingerprint density at radius 1 is 1.71 bits per heavy atom. The highest BCUT2D eigenvalue weighted by molar-refractivity contribution is 7.98. The largest absolute Gasteiger partial charge is 0.480 e. The van der Waals surface area contributed by atoms with Gasteiger partial charge in [-0.2, -0.15) is 16.9 Å². The Labute approximate surface area is 107 Å². The maximum atomic E-state index is 11.7. The van der Waals surface area contributed by atoms with Gasteiger partial charge in [-0.25, -0.2) is 4.79 Å². The molecule has 0 aromatic carbocycles. The average Bonchev–Trinajstić information content (AvgIpc) is 2.70. The molecule has 8 heteroatoms. The number of aliphatic carboxylic acids is 1. The number of hydrogen-bond acceptors (Lipinski definition) is 4. The van der Waals surface area contributed by atoms with E-state index in [-0.39, 0.29) is 10.7 Å². The van der Waals surface area contributed by atoms with E-state index in [9.17, 15) is 9.59 Å². The fourth-order valence-electron chi connectivity index (χ4n) is 1.15. The van der Waals surface area contributed by atoms with Crippen LogP contribution in [0, 0.1) is 0 Å². The molecule has 1 atom stereocenters. The summed E-state index contributed by atoms with van der Waals surface area (Å²) in [5.74, 6) is -0.988. The van der Waals surface area contributed by atoms with E-state index in [2.05, 4.69) is 15.5 Å². The number of nitrogens with one attached hydrogen (secondary N) is 2. The zero-order chi connectivity index (χ0) is 12.8. The molecule has 1 aromatic rings. The van der Waals surface area contributed by atoms with E-state index in [0.717, 1.165) is 0 Å². The number of amides is 1. The summed E-state index contributed by atoms with van der Waals surface area (Å²) >= 11 is 7.21. The van der Waals surface area contributed by atoms with Gasteiger partial charge in [-0.3, -0.25) is 9.89 Å². The molecule has 1 amide bonds. The summed E-state index contributed by atoms with van der Waals surface area (Å²) in [7, 11) is 0. The molecule has 3 N–H and O–H groups in total. The highest BCUT2D eigenvalue weighted by Crippen LogP contribution is 2.11. The first-order valence-electron chi connectivity index (χ1n) is 4.77. The lowest BCUT2D eigenvalue weighted by Gasteiger charge is -2.13. The molecule has 0 aliphatic carbocycles. The number of carboxylic acids is 1. The van der Waals surface area contributed by atoms with Gasteiger partial charge in [-0.1, -0.05) is 11.6 Å². The minimum atomic E-state index is -1.07. The van der Waals surface area contributed by atoms with Gasteiger partial charge < -0.3 is 10.4 Å². The molecular formula is C9H12ClN3O3S. The van der Waals surface area contributed by atoms with Gasteiger partial charge in [0, 0.05) is 0 Å². The fraction of sp³-hybridized carbons (Fsp3) is 0.444. The Kier molecular flexibility index (Phi) is 5.30. The number of halogens is 1. The summed E-state index contributed by atoms with van der Waals surface area (Å²) < 4.78 is 0. The number of nitrogens with zero attached hydrogens (tertiary/aromatic N) is 1. The van der Waals surface area contributed by atoms with E-state index in [1.54, 1.807) is 0 Å². The number of thioether (sulfide) groups is 1. The molecule has 1 heterocycles. The van der Waals surface area contributed by atoms with Gasteiger partial charge in [0.1, 0.15) is 11.7 Å². The van der Waals surface area contributed by atoms with Crippen LogP contribution in [-0.4, -0.2) is 45.2 Å². The fourth-order valence-corrected chi connectivity index (χ4v) is 1.80. The molecule has 1 rings (SSSR count). The number of carboxylic acid groups (broad SMARTS) is 1. The number of aromatic amines is 1. The van der Waals surface area contributed by atoms with Crippen LogP contribution >= 0.6 is 23.4 Å².